The predicted molar refractivity (Wildman–Crippen MR) is 46.6 cm³/mol. The van der Waals surface area contributed by atoms with Crippen LogP contribution in [0.3, 0.4) is 0 Å². The lowest BCUT2D eigenvalue weighted by Gasteiger charge is -2.03. The fraction of sp³-hybridized carbons (Fsp3) is 0. The fourth-order valence-corrected chi connectivity index (χ4v) is 0.747. The van der Waals surface area contributed by atoms with Crippen LogP contribution in [-0.4, -0.2) is 5.97 Å². The van der Waals surface area contributed by atoms with Crippen molar-refractivity contribution in [2.45, 2.75) is 0 Å². The minimum absolute atomic E-state index is 0.00454. The van der Waals surface area contributed by atoms with E-state index in [-0.39, 0.29) is 11.4 Å². The second-order valence-corrected chi connectivity index (χ2v) is 2.31. The van der Waals surface area contributed by atoms with Gasteiger partial charge in [-0.2, -0.15) is 0 Å². The van der Waals surface area contributed by atoms with Gasteiger partial charge in [0.25, 0.3) is 0 Å². The van der Waals surface area contributed by atoms with Crippen LogP contribution in [0.4, 0.5) is 10.1 Å². The van der Waals surface area contributed by atoms with E-state index in [4.69, 9.17) is 5.73 Å². The first-order chi connectivity index (χ1) is 6.13. The molecule has 0 spiro atoms. The number of rotatable bonds is 2. The van der Waals surface area contributed by atoms with E-state index in [2.05, 4.69) is 11.3 Å². The van der Waals surface area contributed by atoms with E-state index in [9.17, 15) is 9.18 Å². The van der Waals surface area contributed by atoms with Gasteiger partial charge in [0, 0.05) is 12.1 Å². The summed E-state index contributed by atoms with van der Waals surface area (Å²) in [6.45, 7) is 3.20. The number of nitrogen functional groups attached to an aromatic ring is 1. The molecule has 0 amide bonds. The van der Waals surface area contributed by atoms with Crippen LogP contribution in [0.5, 0.6) is 5.75 Å². The standard InChI is InChI=1S/C9H8FNO2/c1-2-9(12)13-8-5-6(10)3-4-7(8)11/h2-5H,1,11H2. The number of nitrogens with two attached hydrogens (primary N) is 1. The Morgan fingerprint density at radius 3 is 2.92 bits per heavy atom. The summed E-state index contributed by atoms with van der Waals surface area (Å²) >= 11 is 0. The summed E-state index contributed by atoms with van der Waals surface area (Å²) < 4.78 is 17.3. The summed E-state index contributed by atoms with van der Waals surface area (Å²) in [6, 6.07) is 3.54. The van der Waals surface area contributed by atoms with E-state index >= 15 is 0 Å². The van der Waals surface area contributed by atoms with Gasteiger partial charge in [0.05, 0.1) is 5.69 Å². The third-order valence-corrected chi connectivity index (χ3v) is 1.35. The third-order valence-electron chi connectivity index (χ3n) is 1.35. The zero-order valence-corrected chi connectivity index (χ0v) is 6.79. The SMILES string of the molecule is C=CC(=O)Oc1cc(F)ccc1N. The zero-order chi connectivity index (χ0) is 9.84. The van der Waals surface area contributed by atoms with Crippen molar-refractivity contribution in [2.24, 2.45) is 0 Å². The van der Waals surface area contributed by atoms with Crippen molar-refractivity contribution in [3.63, 3.8) is 0 Å². The molecular weight excluding hydrogens is 173 g/mol. The van der Waals surface area contributed by atoms with E-state index in [1.807, 2.05) is 0 Å². The quantitative estimate of drug-likeness (QED) is 0.325. The lowest BCUT2D eigenvalue weighted by Crippen LogP contribution is -2.05. The van der Waals surface area contributed by atoms with Gasteiger partial charge in [-0.05, 0) is 12.1 Å². The summed E-state index contributed by atoms with van der Waals surface area (Å²) in [5.41, 5.74) is 5.62. The van der Waals surface area contributed by atoms with Crippen LogP contribution in [0.15, 0.2) is 30.9 Å². The molecule has 0 aliphatic heterocycles. The maximum absolute atomic E-state index is 12.6. The van der Waals surface area contributed by atoms with E-state index < -0.39 is 11.8 Å². The minimum Gasteiger partial charge on any atom is -0.421 e. The molecule has 0 aliphatic carbocycles. The smallest absolute Gasteiger partial charge is 0.335 e. The van der Waals surface area contributed by atoms with Crippen molar-refractivity contribution in [3.05, 3.63) is 36.7 Å². The first-order valence-corrected chi connectivity index (χ1v) is 3.52. The van der Waals surface area contributed by atoms with Crippen molar-refractivity contribution in [3.8, 4) is 5.75 Å². The van der Waals surface area contributed by atoms with E-state index in [1.54, 1.807) is 0 Å². The molecule has 1 aromatic rings. The van der Waals surface area contributed by atoms with Gasteiger partial charge in [-0.15, -0.1) is 0 Å². The van der Waals surface area contributed by atoms with Crippen LogP contribution < -0.4 is 10.5 Å². The molecule has 1 rings (SSSR count). The van der Waals surface area contributed by atoms with Crippen LogP contribution in [0, 0.1) is 5.82 Å². The van der Waals surface area contributed by atoms with Crippen LogP contribution in [0.25, 0.3) is 0 Å². The van der Waals surface area contributed by atoms with E-state index in [0.717, 1.165) is 12.1 Å². The number of ether oxygens (including phenoxy) is 1. The highest BCUT2D eigenvalue weighted by atomic mass is 19.1. The van der Waals surface area contributed by atoms with Crippen LogP contribution in [0.2, 0.25) is 0 Å². The Balaban J connectivity index is 2.93. The molecule has 0 atom stereocenters. The lowest BCUT2D eigenvalue weighted by molar-refractivity contribution is -0.128. The van der Waals surface area contributed by atoms with Gasteiger partial charge < -0.3 is 10.5 Å². The minimum atomic E-state index is -0.669. The first-order valence-electron chi connectivity index (χ1n) is 3.52. The van der Waals surface area contributed by atoms with Crippen molar-refractivity contribution in [2.75, 3.05) is 5.73 Å². The second kappa shape index (κ2) is 3.71. The van der Waals surface area contributed by atoms with Crippen LogP contribution in [0.1, 0.15) is 0 Å². The van der Waals surface area contributed by atoms with Gasteiger partial charge in [-0.1, -0.05) is 6.58 Å². The Kier molecular flexibility index (Phi) is 2.64. The Morgan fingerprint density at radius 2 is 2.31 bits per heavy atom. The normalized spacial score (nSPS) is 9.31. The molecule has 0 radical (unpaired) electrons. The number of benzene rings is 1. The van der Waals surface area contributed by atoms with Gasteiger partial charge in [0.15, 0.2) is 5.75 Å². The molecule has 1 aromatic carbocycles. The molecule has 68 valence electrons. The molecule has 0 fully saturated rings. The second-order valence-electron chi connectivity index (χ2n) is 2.31. The lowest BCUT2D eigenvalue weighted by atomic mass is 10.3. The number of hydrogen-bond acceptors (Lipinski definition) is 3. The molecule has 3 nitrogen and oxygen atoms in total. The van der Waals surface area contributed by atoms with Crippen molar-refractivity contribution < 1.29 is 13.9 Å². The molecule has 0 heterocycles. The van der Waals surface area contributed by atoms with Gasteiger partial charge in [-0.25, -0.2) is 9.18 Å². The maximum Gasteiger partial charge on any atom is 0.335 e. The van der Waals surface area contributed by atoms with Gasteiger partial charge in [-0.3, -0.25) is 0 Å². The Morgan fingerprint density at radius 1 is 1.62 bits per heavy atom. The maximum atomic E-state index is 12.6. The number of esters is 1. The number of carbonyl (C=O) groups is 1. The van der Waals surface area contributed by atoms with Crippen molar-refractivity contribution in [1.82, 2.24) is 0 Å². The number of anilines is 1. The highest BCUT2D eigenvalue weighted by Gasteiger charge is 2.05. The average Bonchev–Trinajstić information content (AvgIpc) is 2.11. The van der Waals surface area contributed by atoms with E-state index in [0.29, 0.717) is 0 Å². The summed E-state index contributed by atoms with van der Waals surface area (Å²) in [6.07, 6.45) is 0.977. The predicted octanol–water partition coefficient (Wildman–Crippen LogP) is 1.50. The summed E-state index contributed by atoms with van der Waals surface area (Å²) in [5, 5.41) is 0. The largest absolute Gasteiger partial charge is 0.421 e. The first kappa shape index (κ1) is 9.25. The third kappa shape index (κ3) is 2.30. The topological polar surface area (TPSA) is 52.3 Å². The molecule has 0 unspecified atom stereocenters. The Bertz CT molecular complexity index is 349. The highest BCUT2D eigenvalue weighted by Crippen LogP contribution is 2.21. The highest BCUT2D eigenvalue weighted by molar-refractivity contribution is 5.84. The Labute approximate surface area is 74.6 Å². The summed E-state index contributed by atoms with van der Waals surface area (Å²) in [7, 11) is 0. The molecule has 13 heavy (non-hydrogen) atoms. The zero-order valence-electron chi connectivity index (χ0n) is 6.79. The van der Waals surface area contributed by atoms with Gasteiger partial charge in [0.1, 0.15) is 5.82 Å². The molecule has 4 heteroatoms. The van der Waals surface area contributed by atoms with Crippen LogP contribution in [-0.2, 0) is 4.79 Å². The van der Waals surface area contributed by atoms with Gasteiger partial charge >= 0.3 is 5.97 Å². The Hall–Kier alpha value is -1.84. The molecule has 0 saturated heterocycles. The van der Waals surface area contributed by atoms with Crippen molar-refractivity contribution in [1.29, 1.82) is 0 Å². The monoisotopic (exact) mass is 181 g/mol. The number of halogens is 1. The van der Waals surface area contributed by atoms with Gasteiger partial charge in [0.2, 0.25) is 0 Å². The van der Waals surface area contributed by atoms with Crippen molar-refractivity contribution >= 4 is 11.7 Å². The molecule has 0 saturated carbocycles. The fourth-order valence-electron chi connectivity index (χ4n) is 0.747. The number of hydrogen-bond donors (Lipinski definition) is 1. The summed E-state index contributed by atoms with van der Waals surface area (Å²) in [5.74, 6) is -1.18. The van der Waals surface area contributed by atoms with E-state index in [1.165, 1.54) is 12.1 Å². The number of carbonyl (C=O) groups excluding carboxylic acids is 1. The molecule has 0 aliphatic rings. The molecule has 0 aromatic heterocycles. The molecule has 0 bridgehead atoms. The summed E-state index contributed by atoms with van der Waals surface area (Å²) in [4.78, 5) is 10.7. The van der Waals surface area contributed by atoms with Crippen LogP contribution >= 0.6 is 0 Å². The molecule has 2 N–H and O–H groups in total. The average molecular weight is 181 g/mol. The molecular formula is C9H8FNO2.